The van der Waals surface area contributed by atoms with E-state index in [9.17, 15) is 9.59 Å². The molecule has 0 N–H and O–H groups in total. The largest absolute Gasteiger partial charge is 0.481 e. The van der Waals surface area contributed by atoms with Crippen molar-refractivity contribution in [2.45, 2.75) is 44.8 Å². The number of amides is 2. The fourth-order valence-corrected chi connectivity index (χ4v) is 4.92. The fraction of sp³-hybridized carbons (Fsp3) is 0.481. The zero-order valence-corrected chi connectivity index (χ0v) is 19.2. The van der Waals surface area contributed by atoms with E-state index < -0.39 is 6.10 Å². The van der Waals surface area contributed by atoms with Crippen molar-refractivity contribution in [1.82, 2.24) is 9.80 Å². The molecule has 2 aliphatic heterocycles. The van der Waals surface area contributed by atoms with Crippen LogP contribution in [0.4, 0.5) is 0 Å². The Balaban J connectivity index is 1.43. The van der Waals surface area contributed by atoms with E-state index in [0.29, 0.717) is 38.5 Å². The maximum atomic E-state index is 13.2. The van der Waals surface area contributed by atoms with E-state index >= 15 is 0 Å². The third-order valence-electron chi connectivity index (χ3n) is 6.92. The number of fused-ring (bicyclic) bond motifs is 1. The molecular formula is C27H32N2O4. The topological polar surface area (TPSA) is 59.1 Å². The predicted molar refractivity (Wildman–Crippen MR) is 125 cm³/mol. The van der Waals surface area contributed by atoms with Crippen LogP contribution < -0.4 is 4.74 Å². The second kappa shape index (κ2) is 9.56. The molecule has 2 aromatic rings. The van der Waals surface area contributed by atoms with Gasteiger partial charge < -0.3 is 19.3 Å². The van der Waals surface area contributed by atoms with Crippen molar-refractivity contribution >= 4 is 11.8 Å². The highest BCUT2D eigenvalue weighted by molar-refractivity contribution is 5.82. The van der Waals surface area contributed by atoms with Gasteiger partial charge in [-0.2, -0.15) is 0 Å². The van der Waals surface area contributed by atoms with Crippen molar-refractivity contribution in [3.8, 4) is 5.75 Å². The summed E-state index contributed by atoms with van der Waals surface area (Å²) < 4.78 is 11.6. The van der Waals surface area contributed by atoms with Crippen LogP contribution in [0.2, 0.25) is 0 Å². The zero-order valence-electron chi connectivity index (χ0n) is 19.2. The quantitative estimate of drug-likeness (QED) is 0.678. The van der Waals surface area contributed by atoms with E-state index in [1.54, 1.807) is 0 Å². The van der Waals surface area contributed by atoms with E-state index in [0.717, 1.165) is 36.9 Å². The van der Waals surface area contributed by atoms with Gasteiger partial charge in [-0.3, -0.25) is 9.59 Å². The molecule has 0 aromatic heterocycles. The molecule has 6 nitrogen and oxygen atoms in total. The highest BCUT2D eigenvalue weighted by atomic mass is 16.5. The lowest BCUT2D eigenvalue weighted by Crippen LogP contribution is -2.47. The molecule has 0 unspecified atom stereocenters. The summed E-state index contributed by atoms with van der Waals surface area (Å²) >= 11 is 0. The summed E-state index contributed by atoms with van der Waals surface area (Å²) in [6.07, 6.45) is 2.90. The number of hydrogen-bond donors (Lipinski definition) is 0. The smallest absolute Gasteiger partial charge is 0.263 e. The van der Waals surface area contributed by atoms with Gasteiger partial charge >= 0.3 is 0 Å². The summed E-state index contributed by atoms with van der Waals surface area (Å²) in [6, 6.07) is 16.2. The minimum atomic E-state index is -0.524. The minimum absolute atomic E-state index is 0.0173. The summed E-state index contributed by atoms with van der Waals surface area (Å²) in [5.41, 5.74) is 3.46. The Morgan fingerprint density at radius 3 is 2.52 bits per heavy atom. The normalized spacial score (nSPS) is 21.3. The van der Waals surface area contributed by atoms with E-state index in [-0.39, 0.29) is 23.8 Å². The van der Waals surface area contributed by atoms with Gasteiger partial charge in [-0.15, -0.1) is 0 Å². The maximum absolute atomic E-state index is 13.2. The number of rotatable bonds is 6. The molecule has 5 rings (SSSR count). The van der Waals surface area contributed by atoms with E-state index in [1.807, 2.05) is 36.1 Å². The summed E-state index contributed by atoms with van der Waals surface area (Å²) in [6.45, 7) is 5.07. The molecule has 6 heteroatoms. The van der Waals surface area contributed by atoms with Gasteiger partial charge in [0.15, 0.2) is 6.10 Å². The highest BCUT2D eigenvalue weighted by Crippen LogP contribution is 2.41. The number of nitrogens with zero attached hydrogens (tertiary/aromatic N) is 2. The van der Waals surface area contributed by atoms with E-state index in [2.05, 4.69) is 29.2 Å². The molecule has 2 heterocycles. The molecule has 2 atom stereocenters. The van der Waals surface area contributed by atoms with Crippen molar-refractivity contribution in [3.63, 3.8) is 0 Å². The van der Waals surface area contributed by atoms with Crippen molar-refractivity contribution in [1.29, 1.82) is 0 Å². The van der Waals surface area contributed by atoms with Crippen LogP contribution in [0.1, 0.15) is 48.9 Å². The van der Waals surface area contributed by atoms with Crippen molar-refractivity contribution < 1.29 is 19.1 Å². The van der Waals surface area contributed by atoms with Crippen LogP contribution in [0.5, 0.6) is 5.75 Å². The number of ether oxygens (including phenoxy) is 2. The first kappa shape index (κ1) is 22.0. The molecule has 2 aromatic carbocycles. The summed E-state index contributed by atoms with van der Waals surface area (Å²) in [5.74, 6) is 1.13. The lowest BCUT2D eigenvalue weighted by Gasteiger charge is -2.38. The molecule has 1 saturated carbocycles. The van der Waals surface area contributed by atoms with Crippen LogP contribution in [0.3, 0.4) is 0 Å². The average Bonchev–Trinajstić information content (AvgIpc) is 3.72. The Labute approximate surface area is 195 Å². The lowest BCUT2D eigenvalue weighted by atomic mass is 9.87. The van der Waals surface area contributed by atoms with Crippen LogP contribution in [0.25, 0.3) is 0 Å². The van der Waals surface area contributed by atoms with Crippen molar-refractivity contribution in [3.05, 3.63) is 65.2 Å². The predicted octanol–water partition coefficient (Wildman–Crippen LogP) is 3.59. The highest BCUT2D eigenvalue weighted by Gasteiger charge is 2.39. The second-order valence-electron chi connectivity index (χ2n) is 9.18. The molecule has 0 spiro atoms. The third-order valence-corrected chi connectivity index (χ3v) is 6.92. The first-order chi connectivity index (χ1) is 16.2. The van der Waals surface area contributed by atoms with Gasteiger partial charge in [-0.1, -0.05) is 43.3 Å². The number of benzene rings is 2. The number of hydrogen-bond acceptors (Lipinski definition) is 4. The Bertz CT molecular complexity index is 998. The van der Waals surface area contributed by atoms with Gasteiger partial charge in [0, 0.05) is 25.6 Å². The van der Waals surface area contributed by atoms with Crippen LogP contribution in [-0.4, -0.2) is 60.6 Å². The fourth-order valence-electron chi connectivity index (χ4n) is 4.92. The first-order valence-electron chi connectivity index (χ1n) is 12.2. The third kappa shape index (κ3) is 4.62. The zero-order chi connectivity index (χ0) is 22.8. The minimum Gasteiger partial charge on any atom is -0.481 e. The van der Waals surface area contributed by atoms with Gasteiger partial charge in [0.1, 0.15) is 5.75 Å². The molecule has 1 saturated heterocycles. The number of carbonyl (C=O) groups is 2. The maximum Gasteiger partial charge on any atom is 0.263 e. The van der Waals surface area contributed by atoms with Crippen molar-refractivity contribution in [2.75, 3.05) is 32.8 Å². The number of morpholine rings is 1. The van der Waals surface area contributed by atoms with Gasteiger partial charge in [0.2, 0.25) is 5.91 Å². The molecule has 2 amide bonds. The molecule has 2 fully saturated rings. The average molecular weight is 449 g/mol. The monoisotopic (exact) mass is 448 g/mol. The lowest BCUT2D eigenvalue weighted by molar-refractivity contribution is -0.143. The van der Waals surface area contributed by atoms with Gasteiger partial charge in [0.05, 0.1) is 19.3 Å². The molecule has 0 radical (unpaired) electrons. The van der Waals surface area contributed by atoms with Crippen molar-refractivity contribution in [2.24, 2.45) is 5.92 Å². The van der Waals surface area contributed by atoms with Gasteiger partial charge in [-0.05, 0) is 54.5 Å². The Kier molecular flexibility index (Phi) is 6.36. The molecule has 174 valence electrons. The molecule has 1 aliphatic carbocycles. The summed E-state index contributed by atoms with van der Waals surface area (Å²) in [4.78, 5) is 30.1. The SMILES string of the molecule is CC[C@@H](Oc1ccc2c(c1)[C@H](c1ccccc1)N(C(=O)C1CC1)CC2)C(=O)N1CCOCC1. The molecule has 0 bridgehead atoms. The molecule has 33 heavy (non-hydrogen) atoms. The second-order valence-corrected chi connectivity index (χ2v) is 9.18. The van der Waals surface area contributed by atoms with Gasteiger partial charge in [0.25, 0.3) is 5.91 Å². The standard InChI is InChI=1S/C27H32N2O4/c1-2-24(27(31)28-14-16-32-17-15-28)33-22-11-10-19-12-13-29(26(30)21-8-9-21)25(23(19)18-22)20-6-4-3-5-7-20/h3-7,10-11,18,21,24-25H,2,8-9,12-17H2,1H3/t24-,25+/m1/s1. The van der Waals surface area contributed by atoms with Crippen LogP contribution >= 0.6 is 0 Å². The summed E-state index contributed by atoms with van der Waals surface area (Å²) in [7, 11) is 0. The van der Waals surface area contributed by atoms with Crippen LogP contribution in [-0.2, 0) is 20.7 Å². The summed E-state index contributed by atoms with van der Waals surface area (Å²) in [5, 5.41) is 0. The Morgan fingerprint density at radius 1 is 1.06 bits per heavy atom. The van der Waals surface area contributed by atoms with Crippen LogP contribution in [0, 0.1) is 5.92 Å². The van der Waals surface area contributed by atoms with E-state index in [1.165, 1.54) is 5.56 Å². The molecule has 3 aliphatic rings. The first-order valence-corrected chi connectivity index (χ1v) is 12.2. The van der Waals surface area contributed by atoms with Crippen LogP contribution in [0.15, 0.2) is 48.5 Å². The van der Waals surface area contributed by atoms with E-state index in [4.69, 9.17) is 9.47 Å². The Morgan fingerprint density at radius 2 is 1.82 bits per heavy atom. The van der Waals surface area contributed by atoms with Gasteiger partial charge in [-0.25, -0.2) is 0 Å². The molecular weight excluding hydrogens is 416 g/mol. The number of carbonyl (C=O) groups excluding carboxylic acids is 2. The Hall–Kier alpha value is -2.86.